The van der Waals surface area contributed by atoms with Crippen LogP contribution in [0.3, 0.4) is 0 Å². The molecule has 3 amide bonds. The number of amides is 3. The number of carbonyl (C=O) groups excluding carboxylic acids is 3. The Morgan fingerprint density at radius 1 is 1.28 bits per heavy atom. The van der Waals surface area contributed by atoms with Gasteiger partial charge in [0, 0.05) is 25.0 Å². The molecule has 3 N–H and O–H groups in total. The molecule has 0 unspecified atom stereocenters. The van der Waals surface area contributed by atoms with E-state index in [0.717, 1.165) is 6.42 Å². The molecule has 0 aromatic heterocycles. The second kappa shape index (κ2) is 11.0. The van der Waals surface area contributed by atoms with Crippen LogP contribution in [0.5, 0.6) is 0 Å². The Morgan fingerprint density at radius 3 is 2.50 bits per heavy atom. The first-order chi connectivity index (χ1) is 14.9. The van der Waals surface area contributed by atoms with Gasteiger partial charge in [0.2, 0.25) is 11.8 Å². The molecule has 11 heteroatoms. The Balaban J connectivity index is 2.07. The minimum atomic E-state index is -4.98. The van der Waals surface area contributed by atoms with Crippen molar-refractivity contribution in [1.29, 1.82) is 5.26 Å². The average molecular weight is 460 g/mol. The standard InChI is InChI=1S/C21H32F3N5O3/c1-12(2)16(28-20(32)21(22,23)24)11-29-7-5-13(3)8-17(29)19(31)27-15(10-25)9-14-4-6-26-18(14)30/h12-17H,4-9,11H2,1-3H3,(H,26,30)(H,27,31)(H,28,32)/t13-,14+,15+,16-,17+/m1/s1. The number of likely N-dealkylation sites (tertiary alicyclic amines) is 1. The highest BCUT2D eigenvalue weighted by Gasteiger charge is 2.41. The van der Waals surface area contributed by atoms with Crippen molar-refractivity contribution in [3.8, 4) is 6.07 Å². The third-order valence-electron chi connectivity index (χ3n) is 6.24. The molecular weight excluding hydrogens is 427 g/mol. The van der Waals surface area contributed by atoms with E-state index in [9.17, 15) is 32.8 Å². The second-order valence-corrected chi connectivity index (χ2v) is 9.16. The molecule has 2 aliphatic rings. The fourth-order valence-corrected chi connectivity index (χ4v) is 4.17. The number of hydrogen-bond acceptors (Lipinski definition) is 5. The molecule has 0 spiro atoms. The van der Waals surface area contributed by atoms with Crippen molar-refractivity contribution < 1.29 is 27.6 Å². The number of alkyl halides is 3. The van der Waals surface area contributed by atoms with Crippen molar-refractivity contribution >= 4 is 17.7 Å². The van der Waals surface area contributed by atoms with Gasteiger partial charge >= 0.3 is 12.1 Å². The zero-order valence-electron chi connectivity index (χ0n) is 18.7. The third kappa shape index (κ3) is 7.08. The van der Waals surface area contributed by atoms with Gasteiger partial charge < -0.3 is 16.0 Å². The van der Waals surface area contributed by atoms with Gasteiger partial charge in [0.15, 0.2) is 0 Å². The molecule has 2 saturated heterocycles. The van der Waals surface area contributed by atoms with Crippen LogP contribution in [-0.4, -0.2) is 66.6 Å². The van der Waals surface area contributed by atoms with Crippen molar-refractivity contribution in [2.45, 2.75) is 70.8 Å². The van der Waals surface area contributed by atoms with Crippen molar-refractivity contribution in [2.24, 2.45) is 17.8 Å². The lowest BCUT2D eigenvalue weighted by Crippen LogP contribution is -2.58. The van der Waals surface area contributed by atoms with E-state index in [1.165, 1.54) is 0 Å². The molecule has 0 radical (unpaired) electrons. The molecule has 180 valence electrons. The number of hydrogen-bond donors (Lipinski definition) is 3. The van der Waals surface area contributed by atoms with Crippen LogP contribution in [0.15, 0.2) is 0 Å². The summed E-state index contributed by atoms with van der Waals surface area (Å²) in [6, 6.07) is -0.216. The van der Waals surface area contributed by atoms with Gasteiger partial charge in [0.05, 0.1) is 12.1 Å². The van der Waals surface area contributed by atoms with Gasteiger partial charge in [0.25, 0.3) is 0 Å². The molecule has 2 rings (SSSR count). The zero-order chi connectivity index (χ0) is 24.1. The lowest BCUT2D eigenvalue weighted by atomic mass is 9.90. The summed E-state index contributed by atoms with van der Waals surface area (Å²) >= 11 is 0. The van der Waals surface area contributed by atoms with Crippen molar-refractivity contribution in [3.63, 3.8) is 0 Å². The van der Waals surface area contributed by atoms with Crippen LogP contribution < -0.4 is 16.0 Å². The number of rotatable bonds is 8. The van der Waals surface area contributed by atoms with Gasteiger partial charge in [-0.1, -0.05) is 20.8 Å². The summed E-state index contributed by atoms with van der Waals surface area (Å²) in [7, 11) is 0. The van der Waals surface area contributed by atoms with Gasteiger partial charge in [-0.05, 0) is 44.1 Å². The molecule has 5 atom stereocenters. The second-order valence-electron chi connectivity index (χ2n) is 9.16. The summed E-state index contributed by atoms with van der Waals surface area (Å²) in [6.07, 6.45) is -2.90. The summed E-state index contributed by atoms with van der Waals surface area (Å²) in [5.41, 5.74) is 0. The maximum absolute atomic E-state index is 13.0. The summed E-state index contributed by atoms with van der Waals surface area (Å²) in [4.78, 5) is 38.1. The highest BCUT2D eigenvalue weighted by Crippen LogP contribution is 2.25. The van der Waals surface area contributed by atoms with Crippen LogP contribution in [0.2, 0.25) is 0 Å². The maximum atomic E-state index is 13.0. The first-order valence-corrected chi connectivity index (χ1v) is 11.0. The van der Waals surface area contributed by atoms with Gasteiger partial charge in [-0.15, -0.1) is 0 Å². The third-order valence-corrected chi connectivity index (χ3v) is 6.24. The average Bonchev–Trinajstić information content (AvgIpc) is 3.11. The summed E-state index contributed by atoms with van der Waals surface area (Å²) in [6.45, 7) is 6.54. The smallest absolute Gasteiger partial charge is 0.356 e. The highest BCUT2D eigenvalue weighted by atomic mass is 19.4. The SMILES string of the molecule is CC(C)[C@@H](CN1CC[C@@H](C)C[C@H]1C(=O)N[C@H](C#N)C[C@@H]1CCNC1=O)NC(=O)C(F)(F)F. The lowest BCUT2D eigenvalue weighted by Gasteiger charge is -2.40. The molecule has 0 aromatic rings. The Hall–Kier alpha value is -2.35. The quantitative estimate of drug-likeness (QED) is 0.507. The summed E-state index contributed by atoms with van der Waals surface area (Å²) in [5, 5.41) is 16.9. The maximum Gasteiger partial charge on any atom is 0.471 e. The molecule has 0 bridgehead atoms. The predicted octanol–water partition coefficient (Wildman–Crippen LogP) is 1.32. The van der Waals surface area contributed by atoms with E-state index in [4.69, 9.17) is 0 Å². The van der Waals surface area contributed by atoms with Crippen LogP contribution in [0.4, 0.5) is 13.2 Å². The normalized spacial score (nSPS) is 26.2. The van der Waals surface area contributed by atoms with Crippen molar-refractivity contribution in [1.82, 2.24) is 20.9 Å². The van der Waals surface area contributed by atoms with E-state index < -0.39 is 30.2 Å². The first-order valence-electron chi connectivity index (χ1n) is 11.0. The predicted molar refractivity (Wildman–Crippen MR) is 110 cm³/mol. The van der Waals surface area contributed by atoms with E-state index in [-0.39, 0.29) is 42.5 Å². The Labute approximate surface area is 186 Å². The van der Waals surface area contributed by atoms with Crippen LogP contribution in [0.25, 0.3) is 0 Å². The molecule has 8 nitrogen and oxygen atoms in total. The van der Waals surface area contributed by atoms with Gasteiger partial charge in [-0.25, -0.2) is 0 Å². The molecule has 0 aromatic carbocycles. The molecule has 32 heavy (non-hydrogen) atoms. The van der Waals surface area contributed by atoms with Crippen molar-refractivity contribution in [3.05, 3.63) is 0 Å². The Morgan fingerprint density at radius 2 is 1.97 bits per heavy atom. The topological polar surface area (TPSA) is 114 Å². The number of nitrogens with one attached hydrogen (secondary N) is 3. The van der Waals surface area contributed by atoms with Gasteiger partial charge in [-0.3, -0.25) is 19.3 Å². The van der Waals surface area contributed by atoms with Crippen LogP contribution in [0.1, 0.15) is 46.5 Å². The summed E-state index contributed by atoms with van der Waals surface area (Å²) < 4.78 is 38.2. The van der Waals surface area contributed by atoms with Crippen LogP contribution in [0, 0.1) is 29.1 Å². The monoisotopic (exact) mass is 459 g/mol. The largest absolute Gasteiger partial charge is 0.471 e. The summed E-state index contributed by atoms with van der Waals surface area (Å²) in [5.74, 6) is -2.90. The first kappa shape index (κ1) is 25.9. The Bertz CT molecular complexity index is 737. The van der Waals surface area contributed by atoms with E-state index in [0.29, 0.717) is 25.9 Å². The van der Waals surface area contributed by atoms with Gasteiger partial charge in [0.1, 0.15) is 6.04 Å². The lowest BCUT2D eigenvalue weighted by molar-refractivity contribution is -0.174. The van der Waals surface area contributed by atoms with Crippen LogP contribution >= 0.6 is 0 Å². The number of nitriles is 1. The van der Waals surface area contributed by atoms with E-state index in [2.05, 4.69) is 10.6 Å². The Kier molecular flexibility index (Phi) is 8.89. The molecule has 2 fully saturated rings. The zero-order valence-corrected chi connectivity index (χ0v) is 18.7. The fraction of sp³-hybridized carbons (Fsp3) is 0.810. The molecule has 2 heterocycles. The van der Waals surface area contributed by atoms with E-state index >= 15 is 0 Å². The minimum absolute atomic E-state index is 0.0898. The number of halogens is 3. The highest BCUT2D eigenvalue weighted by molar-refractivity contribution is 5.83. The van der Waals surface area contributed by atoms with Gasteiger partial charge in [-0.2, -0.15) is 18.4 Å². The number of nitrogens with zero attached hydrogens (tertiary/aromatic N) is 2. The molecular formula is C21H32F3N5O3. The molecule has 2 aliphatic heterocycles. The fourth-order valence-electron chi connectivity index (χ4n) is 4.17. The van der Waals surface area contributed by atoms with Crippen molar-refractivity contribution in [2.75, 3.05) is 19.6 Å². The minimum Gasteiger partial charge on any atom is -0.356 e. The molecule has 0 aliphatic carbocycles. The molecule has 0 saturated carbocycles. The van der Waals surface area contributed by atoms with Crippen LogP contribution in [-0.2, 0) is 14.4 Å². The number of carbonyl (C=O) groups is 3. The number of piperidine rings is 1. The van der Waals surface area contributed by atoms with E-state index in [1.54, 1.807) is 18.7 Å². The van der Waals surface area contributed by atoms with E-state index in [1.807, 2.05) is 18.3 Å².